The van der Waals surface area contributed by atoms with Gasteiger partial charge in [0.2, 0.25) is 0 Å². The molecule has 4 nitrogen and oxygen atoms in total. The van der Waals surface area contributed by atoms with Crippen LogP contribution in [0.1, 0.15) is 39.5 Å². The minimum Gasteiger partial charge on any atom is -0.493 e. The van der Waals surface area contributed by atoms with Gasteiger partial charge >= 0.3 is 0 Å². The van der Waals surface area contributed by atoms with E-state index in [9.17, 15) is 4.79 Å². The van der Waals surface area contributed by atoms with Crippen molar-refractivity contribution in [1.82, 2.24) is 0 Å². The largest absolute Gasteiger partial charge is 0.493 e. The Bertz CT molecular complexity index is 990. The van der Waals surface area contributed by atoms with E-state index in [0.717, 1.165) is 39.4 Å². The third-order valence-corrected chi connectivity index (χ3v) is 4.73. The van der Waals surface area contributed by atoms with Crippen molar-refractivity contribution in [3.63, 3.8) is 0 Å². The first-order valence-corrected chi connectivity index (χ1v) is 9.80. The highest BCUT2D eigenvalue weighted by Crippen LogP contribution is 2.25. The van der Waals surface area contributed by atoms with E-state index in [0.29, 0.717) is 18.8 Å². The summed E-state index contributed by atoms with van der Waals surface area (Å²) < 4.78 is 11.7. The van der Waals surface area contributed by atoms with E-state index >= 15 is 0 Å². The van der Waals surface area contributed by atoms with Gasteiger partial charge in [0.25, 0.3) is 5.91 Å². The van der Waals surface area contributed by atoms with Gasteiger partial charge in [0, 0.05) is 16.8 Å². The fourth-order valence-corrected chi connectivity index (χ4v) is 3.19. The number of carbonyl (C=O) groups is 1. The van der Waals surface area contributed by atoms with Gasteiger partial charge in [0.15, 0.2) is 0 Å². The zero-order valence-corrected chi connectivity index (χ0v) is 17.4. The third kappa shape index (κ3) is 5.17. The molecule has 0 heterocycles. The predicted molar refractivity (Wildman–Crippen MR) is 117 cm³/mol. The molecule has 0 fully saturated rings. The van der Waals surface area contributed by atoms with Gasteiger partial charge in [-0.2, -0.15) is 0 Å². The molecular formula is C25H27NO3. The van der Waals surface area contributed by atoms with E-state index < -0.39 is 0 Å². The van der Waals surface area contributed by atoms with Crippen LogP contribution in [0.25, 0.3) is 0 Å². The number of amides is 1. The Morgan fingerprint density at radius 3 is 2.31 bits per heavy atom. The maximum absolute atomic E-state index is 12.9. The fraction of sp³-hybridized carbons (Fsp3) is 0.240. The van der Waals surface area contributed by atoms with Crippen molar-refractivity contribution in [2.75, 3.05) is 11.9 Å². The van der Waals surface area contributed by atoms with Crippen molar-refractivity contribution >= 4 is 11.6 Å². The van der Waals surface area contributed by atoms with Crippen LogP contribution in [0.5, 0.6) is 11.5 Å². The normalized spacial score (nSPS) is 10.5. The van der Waals surface area contributed by atoms with Crippen molar-refractivity contribution in [2.24, 2.45) is 0 Å². The molecule has 4 heteroatoms. The highest BCUT2D eigenvalue weighted by atomic mass is 16.5. The van der Waals surface area contributed by atoms with Crippen molar-refractivity contribution < 1.29 is 14.3 Å². The van der Waals surface area contributed by atoms with E-state index in [4.69, 9.17) is 9.47 Å². The Morgan fingerprint density at radius 2 is 1.62 bits per heavy atom. The maximum atomic E-state index is 12.9. The van der Waals surface area contributed by atoms with E-state index in [2.05, 4.69) is 5.32 Å². The molecule has 150 valence electrons. The molecule has 0 saturated heterocycles. The highest BCUT2D eigenvalue weighted by Gasteiger charge is 2.13. The molecule has 0 atom stereocenters. The molecule has 1 N–H and O–H groups in total. The monoisotopic (exact) mass is 389 g/mol. The van der Waals surface area contributed by atoms with Gasteiger partial charge in [-0.1, -0.05) is 30.3 Å². The number of nitrogens with one attached hydrogen (secondary N) is 1. The maximum Gasteiger partial charge on any atom is 0.255 e. The summed E-state index contributed by atoms with van der Waals surface area (Å²) in [6.45, 7) is 8.81. The smallest absolute Gasteiger partial charge is 0.255 e. The zero-order chi connectivity index (χ0) is 20.8. The standard InChI is InChI=1S/C25H27NO3/c1-5-28-23-13-12-20(25(27)26-24-18(3)9-7-10-19(24)4)15-21(23)16-29-22-11-6-8-17(2)14-22/h6-15H,5,16H2,1-4H3,(H,26,27). The van der Waals surface area contributed by atoms with E-state index in [-0.39, 0.29) is 5.91 Å². The van der Waals surface area contributed by atoms with Crippen LogP contribution in [0.3, 0.4) is 0 Å². The lowest BCUT2D eigenvalue weighted by atomic mass is 10.1. The lowest BCUT2D eigenvalue weighted by Gasteiger charge is -2.15. The number of hydrogen-bond donors (Lipinski definition) is 1. The summed E-state index contributed by atoms with van der Waals surface area (Å²) in [7, 11) is 0. The van der Waals surface area contributed by atoms with Crippen molar-refractivity contribution in [3.8, 4) is 11.5 Å². The number of ether oxygens (including phenoxy) is 2. The summed E-state index contributed by atoms with van der Waals surface area (Å²) in [4.78, 5) is 12.9. The number of benzene rings is 3. The Labute approximate surface area is 172 Å². The molecule has 0 aromatic heterocycles. The summed E-state index contributed by atoms with van der Waals surface area (Å²) in [6, 6.07) is 19.3. The second-order valence-electron chi connectivity index (χ2n) is 7.08. The highest BCUT2D eigenvalue weighted by molar-refractivity contribution is 6.05. The Kier molecular flexibility index (Phi) is 6.55. The number of rotatable bonds is 7. The second kappa shape index (κ2) is 9.28. The molecule has 0 saturated carbocycles. The summed E-state index contributed by atoms with van der Waals surface area (Å²) in [6.07, 6.45) is 0. The molecule has 0 aliphatic heterocycles. The van der Waals surface area contributed by atoms with E-state index in [1.54, 1.807) is 6.07 Å². The van der Waals surface area contributed by atoms with Gasteiger partial charge in [0.05, 0.1) is 6.61 Å². The molecule has 3 rings (SSSR count). The number of hydrogen-bond acceptors (Lipinski definition) is 3. The number of anilines is 1. The molecular weight excluding hydrogens is 362 g/mol. The third-order valence-electron chi connectivity index (χ3n) is 4.73. The lowest BCUT2D eigenvalue weighted by Crippen LogP contribution is -2.14. The summed E-state index contributed by atoms with van der Waals surface area (Å²) in [5.74, 6) is 1.36. The average molecular weight is 389 g/mol. The van der Waals surface area contributed by atoms with Gasteiger partial charge < -0.3 is 14.8 Å². The van der Waals surface area contributed by atoms with Crippen LogP contribution in [-0.4, -0.2) is 12.5 Å². The van der Waals surface area contributed by atoms with Gasteiger partial charge in [0.1, 0.15) is 18.1 Å². The molecule has 0 aliphatic rings. The Morgan fingerprint density at radius 1 is 0.897 bits per heavy atom. The summed E-state index contributed by atoms with van der Waals surface area (Å²) in [5.41, 5.74) is 5.46. The zero-order valence-electron chi connectivity index (χ0n) is 17.4. The first-order valence-electron chi connectivity index (χ1n) is 9.80. The molecule has 29 heavy (non-hydrogen) atoms. The number of aryl methyl sites for hydroxylation is 3. The van der Waals surface area contributed by atoms with E-state index in [1.807, 2.05) is 82.3 Å². The lowest BCUT2D eigenvalue weighted by molar-refractivity contribution is 0.102. The quantitative estimate of drug-likeness (QED) is 0.552. The van der Waals surface area contributed by atoms with Crippen molar-refractivity contribution in [1.29, 1.82) is 0 Å². The summed E-state index contributed by atoms with van der Waals surface area (Å²) in [5, 5.41) is 3.03. The van der Waals surface area contributed by atoms with Crippen LogP contribution in [0.15, 0.2) is 60.7 Å². The first kappa shape index (κ1) is 20.5. The van der Waals surface area contributed by atoms with Gasteiger partial charge in [-0.25, -0.2) is 0 Å². The van der Waals surface area contributed by atoms with Crippen LogP contribution >= 0.6 is 0 Å². The van der Waals surface area contributed by atoms with Gasteiger partial charge in [-0.3, -0.25) is 4.79 Å². The van der Waals surface area contributed by atoms with Crippen LogP contribution in [-0.2, 0) is 6.61 Å². The number of para-hydroxylation sites is 1. The van der Waals surface area contributed by atoms with Crippen molar-refractivity contribution in [3.05, 3.63) is 88.5 Å². The van der Waals surface area contributed by atoms with Crippen LogP contribution in [0, 0.1) is 20.8 Å². The molecule has 0 bridgehead atoms. The molecule has 3 aromatic rings. The second-order valence-corrected chi connectivity index (χ2v) is 7.08. The van der Waals surface area contributed by atoms with Crippen molar-refractivity contribution in [2.45, 2.75) is 34.3 Å². The van der Waals surface area contributed by atoms with Gasteiger partial charge in [-0.05, 0) is 74.7 Å². The molecule has 0 radical (unpaired) electrons. The molecule has 0 spiro atoms. The van der Waals surface area contributed by atoms with Crippen LogP contribution < -0.4 is 14.8 Å². The minimum absolute atomic E-state index is 0.151. The van der Waals surface area contributed by atoms with Gasteiger partial charge in [-0.15, -0.1) is 0 Å². The minimum atomic E-state index is -0.151. The van der Waals surface area contributed by atoms with Crippen LogP contribution in [0.4, 0.5) is 5.69 Å². The molecule has 0 unspecified atom stereocenters. The predicted octanol–water partition coefficient (Wildman–Crippen LogP) is 5.84. The van der Waals surface area contributed by atoms with Crippen LogP contribution in [0.2, 0.25) is 0 Å². The number of carbonyl (C=O) groups excluding carboxylic acids is 1. The fourth-order valence-electron chi connectivity index (χ4n) is 3.19. The average Bonchev–Trinajstić information content (AvgIpc) is 2.70. The molecule has 1 amide bonds. The SMILES string of the molecule is CCOc1ccc(C(=O)Nc2c(C)cccc2C)cc1COc1cccc(C)c1. The summed E-state index contributed by atoms with van der Waals surface area (Å²) >= 11 is 0. The molecule has 3 aromatic carbocycles. The topological polar surface area (TPSA) is 47.6 Å². The Hall–Kier alpha value is -3.27. The first-order chi connectivity index (χ1) is 14.0. The van der Waals surface area contributed by atoms with E-state index in [1.165, 1.54) is 0 Å². The Balaban J connectivity index is 1.82. The molecule has 0 aliphatic carbocycles.